The zero-order valence-electron chi connectivity index (χ0n) is 12.1. The van der Waals surface area contributed by atoms with Crippen LogP contribution in [0, 0.1) is 0 Å². The largest absolute Gasteiger partial charge is 0.480 e. The van der Waals surface area contributed by atoms with Gasteiger partial charge in [-0.2, -0.15) is 0 Å². The molecular formula is C13H21N3O5. The number of urea groups is 1. The highest BCUT2D eigenvalue weighted by Gasteiger charge is 2.38. The van der Waals surface area contributed by atoms with Crippen LogP contribution in [-0.2, 0) is 14.3 Å². The van der Waals surface area contributed by atoms with Gasteiger partial charge in [-0.15, -0.1) is 0 Å². The van der Waals surface area contributed by atoms with E-state index in [0.29, 0.717) is 19.7 Å². The summed E-state index contributed by atoms with van der Waals surface area (Å²) in [5.74, 6) is -1.44. The van der Waals surface area contributed by atoms with Gasteiger partial charge in [-0.1, -0.05) is 0 Å². The molecule has 8 heteroatoms. The fourth-order valence-corrected chi connectivity index (χ4v) is 2.73. The van der Waals surface area contributed by atoms with E-state index in [1.807, 2.05) is 6.92 Å². The lowest BCUT2D eigenvalue weighted by Crippen LogP contribution is -2.62. The van der Waals surface area contributed by atoms with Gasteiger partial charge in [-0.25, -0.2) is 9.59 Å². The quantitative estimate of drug-likeness (QED) is 0.731. The average molecular weight is 299 g/mol. The Morgan fingerprint density at radius 3 is 2.90 bits per heavy atom. The number of nitrogens with zero attached hydrogens (tertiary/aromatic N) is 2. The molecule has 2 N–H and O–H groups in total. The van der Waals surface area contributed by atoms with Gasteiger partial charge in [0.15, 0.2) is 0 Å². The molecular weight excluding hydrogens is 278 g/mol. The highest BCUT2D eigenvalue weighted by Crippen LogP contribution is 2.17. The number of piperidine rings is 1. The second-order valence-corrected chi connectivity index (χ2v) is 5.23. The number of carbonyl (C=O) groups excluding carboxylic acids is 2. The molecule has 0 radical (unpaired) electrons. The minimum atomic E-state index is -1.11. The lowest BCUT2D eigenvalue weighted by atomic mass is 10.1. The Kier molecular flexibility index (Phi) is 5.00. The van der Waals surface area contributed by atoms with Gasteiger partial charge in [0.2, 0.25) is 5.91 Å². The van der Waals surface area contributed by atoms with Gasteiger partial charge in [0.25, 0.3) is 0 Å². The van der Waals surface area contributed by atoms with Crippen molar-refractivity contribution in [3.8, 4) is 0 Å². The molecule has 2 unspecified atom stereocenters. The van der Waals surface area contributed by atoms with Crippen LogP contribution >= 0.6 is 0 Å². The van der Waals surface area contributed by atoms with Gasteiger partial charge < -0.3 is 20.1 Å². The van der Waals surface area contributed by atoms with Crippen molar-refractivity contribution in [3.05, 3.63) is 0 Å². The van der Waals surface area contributed by atoms with Crippen molar-refractivity contribution in [2.75, 3.05) is 32.8 Å². The van der Waals surface area contributed by atoms with E-state index < -0.39 is 18.0 Å². The first-order chi connectivity index (χ1) is 10.0. The van der Waals surface area contributed by atoms with Crippen LogP contribution in [0.3, 0.4) is 0 Å². The van der Waals surface area contributed by atoms with Gasteiger partial charge in [-0.05, 0) is 19.8 Å². The van der Waals surface area contributed by atoms with Crippen molar-refractivity contribution in [1.82, 2.24) is 15.1 Å². The zero-order valence-corrected chi connectivity index (χ0v) is 12.1. The van der Waals surface area contributed by atoms with Crippen LogP contribution < -0.4 is 5.32 Å². The van der Waals surface area contributed by atoms with Crippen molar-refractivity contribution in [2.24, 2.45) is 0 Å². The number of amides is 3. The van der Waals surface area contributed by atoms with Crippen LogP contribution in [0.2, 0.25) is 0 Å². The first-order valence-electron chi connectivity index (χ1n) is 7.19. The Morgan fingerprint density at radius 1 is 1.48 bits per heavy atom. The number of carboxylic acid groups (broad SMARTS) is 1. The van der Waals surface area contributed by atoms with Crippen LogP contribution in [0.15, 0.2) is 0 Å². The van der Waals surface area contributed by atoms with Crippen molar-refractivity contribution in [3.63, 3.8) is 0 Å². The average Bonchev–Trinajstić information content (AvgIpc) is 2.46. The molecule has 2 atom stereocenters. The zero-order chi connectivity index (χ0) is 15.4. The Hall–Kier alpha value is -1.83. The van der Waals surface area contributed by atoms with E-state index >= 15 is 0 Å². The van der Waals surface area contributed by atoms with Gasteiger partial charge in [-0.3, -0.25) is 9.69 Å². The number of carboxylic acids is 1. The first-order valence-corrected chi connectivity index (χ1v) is 7.19. The second-order valence-electron chi connectivity index (χ2n) is 5.23. The van der Waals surface area contributed by atoms with Crippen LogP contribution in [-0.4, -0.2) is 77.7 Å². The predicted molar refractivity (Wildman–Crippen MR) is 72.8 cm³/mol. The van der Waals surface area contributed by atoms with E-state index in [0.717, 1.165) is 17.7 Å². The third-order valence-electron chi connectivity index (χ3n) is 3.76. The van der Waals surface area contributed by atoms with Crippen molar-refractivity contribution in [2.45, 2.75) is 31.9 Å². The molecule has 2 rings (SSSR count). The van der Waals surface area contributed by atoms with E-state index in [-0.39, 0.29) is 25.1 Å². The Labute approximate surface area is 123 Å². The summed E-state index contributed by atoms with van der Waals surface area (Å²) >= 11 is 0. The number of rotatable bonds is 3. The molecule has 8 nitrogen and oxygen atoms in total. The number of nitrogens with one attached hydrogen (secondary N) is 1. The molecule has 3 amide bonds. The van der Waals surface area contributed by atoms with Gasteiger partial charge >= 0.3 is 12.0 Å². The Balaban J connectivity index is 2.05. The number of likely N-dealkylation sites (tertiary alicyclic amines) is 1. The van der Waals surface area contributed by atoms with Crippen LogP contribution in [0.25, 0.3) is 0 Å². The van der Waals surface area contributed by atoms with Crippen LogP contribution in [0.5, 0.6) is 0 Å². The normalized spacial score (nSPS) is 26.4. The maximum atomic E-state index is 12.5. The minimum absolute atomic E-state index is 0.0189. The first kappa shape index (κ1) is 15.6. The number of piperazine rings is 1. The molecule has 0 aromatic rings. The second kappa shape index (κ2) is 6.75. The molecule has 2 aliphatic rings. The lowest BCUT2D eigenvalue weighted by Gasteiger charge is -2.39. The number of aliphatic carboxylic acids is 1. The maximum Gasteiger partial charge on any atom is 0.328 e. The topological polar surface area (TPSA) is 99.2 Å². The van der Waals surface area contributed by atoms with E-state index in [2.05, 4.69) is 5.32 Å². The molecule has 2 heterocycles. The van der Waals surface area contributed by atoms with Crippen LogP contribution in [0.4, 0.5) is 4.79 Å². The summed E-state index contributed by atoms with van der Waals surface area (Å²) < 4.78 is 5.54. The fraction of sp³-hybridized carbons (Fsp3) is 0.769. The monoisotopic (exact) mass is 299 g/mol. The summed E-state index contributed by atoms with van der Waals surface area (Å²) in [4.78, 5) is 37.9. The number of hydrogen-bond acceptors (Lipinski definition) is 4. The number of hydrogen-bond donors (Lipinski definition) is 2. The lowest BCUT2D eigenvalue weighted by molar-refractivity contribution is -0.144. The third kappa shape index (κ3) is 3.63. The highest BCUT2D eigenvalue weighted by atomic mass is 16.5. The van der Waals surface area contributed by atoms with Crippen LogP contribution in [0.1, 0.15) is 19.8 Å². The van der Waals surface area contributed by atoms with Gasteiger partial charge in [0.05, 0.1) is 6.10 Å². The smallest absolute Gasteiger partial charge is 0.328 e. The number of ether oxygens (including phenoxy) is 1. The van der Waals surface area contributed by atoms with E-state index in [9.17, 15) is 19.5 Å². The Morgan fingerprint density at radius 2 is 2.24 bits per heavy atom. The SMILES string of the molecule is CCOC1CCCN(C(=O)N2CC(=O)NCC2C(=O)O)C1. The van der Waals surface area contributed by atoms with Crippen molar-refractivity contribution >= 4 is 17.9 Å². The van der Waals surface area contributed by atoms with Crippen molar-refractivity contribution in [1.29, 1.82) is 0 Å². The Bertz CT molecular complexity index is 426. The summed E-state index contributed by atoms with van der Waals surface area (Å²) in [6, 6.07) is -1.41. The third-order valence-corrected chi connectivity index (χ3v) is 3.76. The molecule has 0 aromatic heterocycles. The molecule has 0 saturated carbocycles. The summed E-state index contributed by atoms with van der Waals surface area (Å²) in [7, 11) is 0. The summed E-state index contributed by atoms with van der Waals surface area (Å²) in [6.45, 7) is 3.21. The summed E-state index contributed by atoms with van der Waals surface area (Å²) in [5.41, 5.74) is 0. The molecule has 118 valence electrons. The minimum Gasteiger partial charge on any atom is -0.480 e. The van der Waals surface area contributed by atoms with E-state index in [4.69, 9.17) is 4.74 Å². The summed E-state index contributed by atoms with van der Waals surface area (Å²) in [6.07, 6.45) is 1.68. The van der Waals surface area contributed by atoms with Crippen molar-refractivity contribution < 1.29 is 24.2 Å². The molecule has 2 fully saturated rings. The molecule has 21 heavy (non-hydrogen) atoms. The summed E-state index contributed by atoms with van der Waals surface area (Å²) in [5, 5.41) is 11.7. The van der Waals surface area contributed by atoms with E-state index in [1.165, 1.54) is 0 Å². The highest BCUT2D eigenvalue weighted by molar-refractivity contribution is 5.90. The fourth-order valence-electron chi connectivity index (χ4n) is 2.73. The maximum absolute atomic E-state index is 12.5. The standard InChI is InChI=1S/C13H21N3O5/c1-2-21-9-4-3-5-15(7-9)13(20)16-8-11(17)14-6-10(16)12(18)19/h9-10H,2-8H2,1H3,(H,14,17)(H,18,19). The van der Waals surface area contributed by atoms with Gasteiger partial charge in [0.1, 0.15) is 12.6 Å². The van der Waals surface area contributed by atoms with E-state index in [1.54, 1.807) is 4.90 Å². The molecule has 0 aromatic carbocycles. The molecule has 0 aliphatic carbocycles. The molecule has 2 aliphatic heterocycles. The number of carbonyl (C=O) groups is 3. The molecule has 2 saturated heterocycles. The van der Waals surface area contributed by atoms with Gasteiger partial charge in [0, 0.05) is 26.2 Å². The predicted octanol–water partition coefficient (Wildman–Crippen LogP) is -0.508. The molecule has 0 bridgehead atoms. The molecule has 0 spiro atoms.